The molecular weight excluding hydrogens is 263 g/mol. The summed E-state index contributed by atoms with van der Waals surface area (Å²) < 4.78 is 18.7. The molecule has 0 unspecified atom stereocenters. The number of hydrogen-bond donors (Lipinski definition) is 0. The second kappa shape index (κ2) is 4.85. The van der Waals surface area contributed by atoms with Crippen LogP contribution in [0.5, 0.6) is 5.75 Å². The van der Waals surface area contributed by atoms with Gasteiger partial charge < -0.3 is 4.74 Å². The van der Waals surface area contributed by atoms with Crippen LogP contribution >= 0.6 is 22.9 Å². The first-order chi connectivity index (χ1) is 8.15. The van der Waals surface area contributed by atoms with Crippen LogP contribution in [0.15, 0.2) is 29.6 Å². The maximum atomic E-state index is 13.7. The third kappa shape index (κ3) is 2.18. The van der Waals surface area contributed by atoms with Crippen LogP contribution in [-0.2, 0) is 0 Å². The van der Waals surface area contributed by atoms with Crippen LogP contribution < -0.4 is 4.74 Å². The van der Waals surface area contributed by atoms with Gasteiger partial charge in [-0.25, -0.2) is 4.39 Å². The molecule has 2 rings (SSSR count). The van der Waals surface area contributed by atoms with Gasteiger partial charge in [0.2, 0.25) is 5.78 Å². The van der Waals surface area contributed by atoms with Crippen molar-refractivity contribution in [1.82, 2.24) is 0 Å². The summed E-state index contributed by atoms with van der Waals surface area (Å²) in [6.07, 6.45) is 0. The number of thiophene rings is 1. The van der Waals surface area contributed by atoms with E-state index in [1.54, 1.807) is 17.5 Å². The first-order valence-corrected chi connectivity index (χ1v) is 6.01. The summed E-state index contributed by atoms with van der Waals surface area (Å²) in [4.78, 5) is 12.5. The van der Waals surface area contributed by atoms with Gasteiger partial charge >= 0.3 is 0 Å². The van der Waals surface area contributed by atoms with Crippen LogP contribution in [-0.4, -0.2) is 12.9 Å². The molecular formula is C12H8ClFO2S. The standard InChI is InChI=1S/C12H8ClFO2S/c1-16-9-5-6-17-12(9)11(15)7-3-2-4-8(13)10(7)14/h2-6H,1H3. The highest BCUT2D eigenvalue weighted by Gasteiger charge is 2.20. The molecule has 2 aromatic rings. The largest absolute Gasteiger partial charge is 0.495 e. The molecule has 17 heavy (non-hydrogen) atoms. The topological polar surface area (TPSA) is 26.3 Å². The average Bonchev–Trinajstić information content (AvgIpc) is 2.80. The van der Waals surface area contributed by atoms with Gasteiger partial charge in [-0.1, -0.05) is 17.7 Å². The van der Waals surface area contributed by atoms with Crippen molar-refractivity contribution < 1.29 is 13.9 Å². The number of ether oxygens (including phenoxy) is 1. The average molecular weight is 271 g/mol. The SMILES string of the molecule is COc1ccsc1C(=O)c1cccc(Cl)c1F. The van der Waals surface area contributed by atoms with Crippen molar-refractivity contribution in [2.24, 2.45) is 0 Å². The van der Waals surface area contributed by atoms with E-state index in [0.29, 0.717) is 10.6 Å². The number of halogens is 2. The van der Waals surface area contributed by atoms with Gasteiger partial charge in [0, 0.05) is 0 Å². The molecule has 0 radical (unpaired) electrons. The molecule has 0 saturated carbocycles. The Balaban J connectivity index is 2.48. The molecule has 0 saturated heterocycles. The first kappa shape index (κ1) is 12.1. The van der Waals surface area contributed by atoms with Crippen molar-refractivity contribution in [1.29, 1.82) is 0 Å². The number of carbonyl (C=O) groups is 1. The molecule has 1 aromatic carbocycles. The van der Waals surface area contributed by atoms with Gasteiger partial charge in [0.05, 0.1) is 17.7 Å². The summed E-state index contributed by atoms with van der Waals surface area (Å²) in [6.45, 7) is 0. The lowest BCUT2D eigenvalue weighted by Gasteiger charge is -2.04. The van der Waals surface area contributed by atoms with Crippen molar-refractivity contribution in [3.63, 3.8) is 0 Å². The minimum absolute atomic E-state index is 0.0433. The number of hydrogen-bond acceptors (Lipinski definition) is 3. The van der Waals surface area contributed by atoms with E-state index in [1.807, 2.05) is 0 Å². The number of carbonyl (C=O) groups excluding carboxylic acids is 1. The van der Waals surface area contributed by atoms with E-state index < -0.39 is 11.6 Å². The first-order valence-electron chi connectivity index (χ1n) is 4.75. The van der Waals surface area contributed by atoms with E-state index >= 15 is 0 Å². The molecule has 1 heterocycles. The Morgan fingerprint density at radius 2 is 2.18 bits per heavy atom. The highest BCUT2D eigenvalue weighted by molar-refractivity contribution is 7.12. The van der Waals surface area contributed by atoms with E-state index in [4.69, 9.17) is 16.3 Å². The van der Waals surface area contributed by atoms with Crippen molar-refractivity contribution in [2.45, 2.75) is 0 Å². The van der Waals surface area contributed by atoms with Gasteiger partial charge in [0.15, 0.2) is 5.82 Å². The van der Waals surface area contributed by atoms with Crippen LogP contribution in [0, 0.1) is 5.82 Å². The summed E-state index contributed by atoms with van der Waals surface area (Å²) >= 11 is 6.85. The van der Waals surface area contributed by atoms with Gasteiger partial charge in [0.1, 0.15) is 10.6 Å². The maximum Gasteiger partial charge on any atom is 0.209 e. The van der Waals surface area contributed by atoms with Gasteiger partial charge in [-0.2, -0.15) is 0 Å². The molecule has 88 valence electrons. The Bertz CT molecular complexity index is 565. The molecule has 0 fully saturated rings. The van der Waals surface area contributed by atoms with Crippen molar-refractivity contribution in [2.75, 3.05) is 7.11 Å². The Kier molecular flexibility index (Phi) is 3.45. The summed E-state index contributed by atoms with van der Waals surface area (Å²) in [7, 11) is 1.47. The van der Waals surface area contributed by atoms with Gasteiger partial charge in [-0.15, -0.1) is 11.3 Å². The molecule has 0 atom stereocenters. The van der Waals surface area contributed by atoms with E-state index in [9.17, 15) is 9.18 Å². The monoisotopic (exact) mass is 270 g/mol. The zero-order valence-corrected chi connectivity index (χ0v) is 10.4. The highest BCUT2D eigenvalue weighted by atomic mass is 35.5. The summed E-state index contributed by atoms with van der Waals surface area (Å²) in [5, 5.41) is 1.65. The molecule has 1 aromatic heterocycles. The lowest BCUT2D eigenvalue weighted by molar-refractivity contribution is 0.103. The van der Waals surface area contributed by atoms with Gasteiger partial charge in [-0.05, 0) is 23.6 Å². The number of rotatable bonds is 3. The zero-order chi connectivity index (χ0) is 12.4. The maximum absolute atomic E-state index is 13.7. The summed E-state index contributed by atoms with van der Waals surface area (Å²) in [6, 6.07) is 6.01. The third-order valence-electron chi connectivity index (χ3n) is 2.25. The third-order valence-corrected chi connectivity index (χ3v) is 3.44. The minimum atomic E-state index is -0.699. The van der Waals surface area contributed by atoms with Crippen LogP contribution in [0.4, 0.5) is 4.39 Å². The quantitative estimate of drug-likeness (QED) is 0.794. The fraction of sp³-hybridized carbons (Fsp3) is 0.0833. The smallest absolute Gasteiger partial charge is 0.209 e. The molecule has 0 N–H and O–H groups in total. The van der Waals surface area contributed by atoms with Crippen LogP contribution in [0.3, 0.4) is 0 Å². The Morgan fingerprint density at radius 1 is 1.41 bits per heavy atom. The van der Waals surface area contributed by atoms with Crippen molar-refractivity contribution in [3.8, 4) is 5.75 Å². The van der Waals surface area contributed by atoms with Crippen LogP contribution in [0.1, 0.15) is 15.2 Å². The second-order valence-electron chi connectivity index (χ2n) is 3.25. The van der Waals surface area contributed by atoms with Crippen molar-refractivity contribution in [3.05, 3.63) is 50.9 Å². The van der Waals surface area contributed by atoms with Gasteiger partial charge in [0.25, 0.3) is 0 Å². The predicted octanol–water partition coefficient (Wildman–Crippen LogP) is 3.78. The Morgan fingerprint density at radius 3 is 2.88 bits per heavy atom. The summed E-state index contributed by atoms with van der Waals surface area (Å²) in [5.74, 6) is -0.675. The Labute approximate surface area is 107 Å². The van der Waals surface area contributed by atoms with E-state index in [0.717, 1.165) is 0 Å². The molecule has 0 spiro atoms. The fourth-order valence-corrected chi connectivity index (χ4v) is 2.41. The predicted molar refractivity (Wildman–Crippen MR) is 65.7 cm³/mol. The minimum Gasteiger partial charge on any atom is -0.495 e. The van der Waals surface area contributed by atoms with E-state index in [2.05, 4.69) is 0 Å². The molecule has 0 amide bonds. The van der Waals surface area contributed by atoms with Crippen LogP contribution in [0.2, 0.25) is 5.02 Å². The normalized spacial score (nSPS) is 10.3. The number of methoxy groups -OCH3 is 1. The number of benzene rings is 1. The molecule has 0 bridgehead atoms. The highest BCUT2D eigenvalue weighted by Crippen LogP contribution is 2.29. The van der Waals surface area contributed by atoms with Gasteiger partial charge in [-0.3, -0.25) is 4.79 Å². The number of ketones is 1. The van der Waals surface area contributed by atoms with E-state index in [-0.39, 0.29) is 10.6 Å². The molecule has 0 aliphatic carbocycles. The summed E-state index contributed by atoms with van der Waals surface area (Å²) in [5.41, 5.74) is -0.0433. The second-order valence-corrected chi connectivity index (χ2v) is 4.57. The molecule has 5 heteroatoms. The fourth-order valence-electron chi connectivity index (χ4n) is 1.43. The van der Waals surface area contributed by atoms with E-state index in [1.165, 1.54) is 30.6 Å². The van der Waals surface area contributed by atoms with Crippen LogP contribution in [0.25, 0.3) is 0 Å². The lowest BCUT2D eigenvalue weighted by Crippen LogP contribution is -2.04. The molecule has 0 aliphatic heterocycles. The Hall–Kier alpha value is -1.39. The zero-order valence-electron chi connectivity index (χ0n) is 8.87. The molecule has 0 aliphatic rings. The lowest BCUT2D eigenvalue weighted by atomic mass is 10.1. The van der Waals surface area contributed by atoms with Crippen molar-refractivity contribution >= 4 is 28.7 Å². The molecule has 2 nitrogen and oxygen atoms in total.